The molecule has 0 aliphatic rings. The van der Waals surface area contributed by atoms with Gasteiger partial charge >= 0.3 is 59.1 Å². The van der Waals surface area contributed by atoms with Crippen molar-refractivity contribution in [3.8, 4) is 5.75 Å². The molecule has 0 bridgehead atoms. The van der Waals surface area contributed by atoms with Gasteiger partial charge in [0, 0.05) is 0 Å². The minimum Gasteiger partial charge on any atom is -0.780 e. The normalized spacial score (nSPS) is 6.78. The molecule has 1 rings (SSSR count). The zero-order valence-corrected chi connectivity index (χ0v) is 14.9. The van der Waals surface area contributed by atoms with Crippen molar-refractivity contribution in [1.29, 1.82) is 0 Å². The fourth-order valence-corrected chi connectivity index (χ4v) is 0.990. The van der Waals surface area contributed by atoms with Gasteiger partial charge in [-0.3, -0.25) is 0 Å². The van der Waals surface area contributed by atoms with Crippen molar-refractivity contribution in [2.45, 2.75) is 0 Å². The van der Waals surface area contributed by atoms with Crippen molar-refractivity contribution >= 4 is 7.82 Å². The third-order valence-corrected chi connectivity index (χ3v) is 1.39. The maximum atomic E-state index is 10.1. The van der Waals surface area contributed by atoms with Gasteiger partial charge in [-0.2, -0.15) is 0 Å². The molecule has 100 valence electrons. The predicted octanol–water partition coefficient (Wildman–Crippen LogP) is -10.2. The van der Waals surface area contributed by atoms with Crippen LogP contribution in [0.2, 0.25) is 0 Å². The molecule has 0 spiro atoms. The monoisotopic (exact) mass is 308 g/mol. The minimum atomic E-state index is -4.89. The van der Waals surface area contributed by atoms with Gasteiger partial charge in [-0.25, -0.2) is 0 Å². The van der Waals surface area contributed by atoms with E-state index in [2.05, 4.69) is 4.52 Å². The molecule has 12 heteroatoms. The van der Waals surface area contributed by atoms with Gasteiger partial charge < -0.3 is 46.3 Å². The molecule has 0 unspecified atom stereocenters. The summed E-state index contributed by atoms with van der Waals surface area (Å²) in [6, 6.07) is 7.62. The van der Waals surface area contributed by atoms with Crippen LogP contribution in [0, 0.1) is 0 Å². The summed E-state index contributed by atoms with van der Waals surface area (Å²) < 4.78 is 14.1. The first-order chi connectivity index (χ1) is 5.08. The zero-order valence-electron chi connectivity index (χ0n) is 9.97. The number of phosphoric acid groups is 1. The summed E-state index contributed by atoms with van der Waals surface area (Å²) >= 11 is 0. The van der Waals surface area contributed by atoms with Gasteiger partial charge in [0.05, 0.1) is 0 Å². The molecule has 1 aromatic rings. The molecular weight excluding hydrogens is 293 g/mol. The molecule has 10 N–H and O–H groups in total. The van der Waals surface area contributed by atoms with Gasteiger partial charge in [0.2, 0.25) is 0 Å². The summed E-state index contributed by atoms with van der Waals surface area (Å²) in [6.07, 6.45) is 0. The largest absolute Gasteiger partial charge is 1.00 e. The third-order valence-electron chi connectivity index (χ3n) is 0.960. The molecule has 0 fully saturated rings. The van der Waals surface area contributed by atoms with Gasteiger partial charge in [-0.05, 0) is 12.1 Å². The molecule has 0 aliphatic carbocycles. The van der Waals surface area contributed by atoms with E-state index in [1.54, 1.807) is 18.2 Å². The van der Waals surface area contributed by atoms with Crippen LogP contribution in [0.1, 0.15) is 0 Å². The second kappa shape index (κ2) is 20.3. The summed E-state index contributed by atoms with van der Waals surface area (Å²) in [4.78, 5) is 20.1. The van der Waals surface area contributed by atoms with Gasteiger partial charge in [-0.1, -0.05) is 18.2 Å². The van der Waals surface area contributed by atoms with Crippen LogP contribution >= 0.6 is 7.82 Å². The Morgan fingerprint density at radius 3 is 1.44 bits per heavy atom. The molecule has 0 saturated carbocycles. The van der Waals surface area contributed by atoms with Crippen molar-refractivity contribution in [1.82, 2.24) is 0 Å². The third kappa shape index (κ3) is 22.2. The smallest absolute Gasteiger partial charge is 0.780 e. The first-order valence-electron chi connectivity index (χ1n) is 2.85. The second-order valence-electron chi connectivity index (χ2n) is 1.85. The number of phosphoric ester groups is 1. The fourth-order valence-electron chi connectivity index (χ4n) is 0.610. The molecule has 0 aromatic heterocycles. The molecule has 0 saturated heterocycles. The summed E-state index contributed by atoms with van der Waals surface area (Å²) in [5.74, 6) is 0.0424. The molecule has 0 radical (unpaired) electrons. The number of hydrogen-bond acceptors (Lipinski definition) is 4. The van der Waals surface area contributed by atoms with Crippen molar-refractivity contribution in [3.63, 3.8) is 0 Å². The van der Waals surface area contributed by atoms with Gasteiger partial charge in [0.1, 0.15) is 13.6 Å². The van der Waals surface area contributed by atoms with Crippen LogP contribution in [0.15, 0.2) is 30.3 Å². The Balaban J connectivity index is -0.0000000346. The SMILES string of the molecule is O.O.O.O.O.O=P([O-])([O-])Oc1ccccc1.[Na+].[Na+]. The van der Waals surface area contributed by atoms with Crippen LogP contribution in [0.4, 0.5) is 0 Å². The van der Waals surface area contributed by atoms with Crippen LogP contribution in [0.25, 0.3) is 0 Å². The maximum absolute atomic E-state index is 10.1. The van der Waals surface area contributed by atoms with Crippen molar-refractivity contribution in [3.05, 3.63) is 30.3 Å². The Morgan fingerprint density at radius 2 is 1.17 bits per heavy atom. The van der Waals surface area contributed by atoms with E-state index in [0.717, 1.165) is 0 Å². The summed E-state index contributed by atoms with van der Waals surface area (Å²) in [5.41, 5.74) is 0. The van der Waals surface area contributed by atoms with E-state index < -0.39 is 7.82 Å². The first kappa shape index (κ1) is 42.8. The fraction of sp³-hybridized carbons (Fsp3) is 0. The number of para-hydroxylation sites is 1. The van der Waals surface area contributed by atoms with E-state index in [-0.39, 0.29) is 92.2 Å². The van der Waals surface area contributed by atoms with E-state index >= 15 is 0 Å². The Bertz CT molecular complexity index is 280. The quantitative estimate of drug-likeness (QED) is 0.382. The number of hydrogen-bond donors (Lipinski definition) is 0. The molecular formula is C6H15Na2O9P. The summed E-state index contributed by atoms with van der Waals surface area (Å²) in [7, 11) is -4.89. The van der Waals surface area contributed by atoms with E-state index in [4.69, 9.17) is 0 Å². The Hall–Kier alpha value is 0.970. The maximum Gasteiger partial charge on any atom is 1.00 e. The number of rotatable bonds is 2. The zero-order chi connectivity index (χ0) is 8.32. The molecule has 0 heterocycles. The topological polar surface area (TPSA) is 230 Å². The minimum absolute atomic E-state index is 0. The van der Waals surface area contributed by atoms with E-state index in [9.17, 15) is 14.4 Å². The standard InChI is InChI=1S/C6H7O4P.2Na.5H2O/c7-11(8,9)10-6-4-2-1-3-5-6;;;;;;;/h1-5H,(H2,7,8,9);;;5*1H2/q;2*+1;;;;;/p-2. The molecule has 18 heavy (non-hydrogen) atoms. The molecule has 0 atom stereocenters. The van der Waals surface area contributed by atoms with Gasteiger partial charge in [0.25, 0.3) is 0 Å². The first-order valence-corrected chi connectivity index (χ1v) is 4.31. The molecule has 0 aliphatic heterocycles. The van der Waals surface area contributed by atoms with E-state index in [1.165, 1.54) is 12.1 Å². The van der Waals surface area contributed by atoms with Crippen LogP contribution < -0.4 is 73.4 Å². The second-order valence-corrected chi connectivity index (χ2v) is 2.93. The van der Waals surface area contributed by atoms with Crippen LogP contribution in [0.5, 0.6) is 5.75 Å². The average Bonchev–Trinajstić information content (AvgIpc) is 1.85. The van der Waals surface area contributed by atoms with Crippen molar-refractivity contribution in [2.75, 3.05) is 0 Å². The van der Waals surface area contributed by atoms with E-state index in [0.29, 0.717) is 0 Å². The van der Waals surface area contributed by atoms with Crippen molar-refractivity contribution < 1.29 is 105 Å². The van der Waals surface area contributed by atoms with Crippen molar-refractivity contribution in [2.24, 2.45) is 0 Å². The van der Waals surface area contributed by atoms with E-state index in [1.807, 2.05) is 0 Å². The van der Waals surface area contributed by atoms with Crippen LogP contribution in [0.3, 0.4) is 0 Å². The predicted molar refractivity (Wildman–Crippen MR) is 52.7 cm³/mol. The number of benzene rings is 1. The van der Waals surface area contributed by atoms with Gasteiger partial charge in [0.15, 0.2) is 0 Å². The molecule has 9 nitrogen and oxygen atoms in total. The Kier molecular flexibility index (Phi) is 48.2. The van der Waals surface area contributed by atoms with Gasteiger partial charge in [-0.15, -0.1) is 0 Å². The van der Waals surface area contributed by atoms with Crippen LogP contribution in [-0.4, -0.2) is 27.4 Å². The Labute approximate surface area is 148 Å². The molecule has 1 aromatic carbocycles. The molecule has 0 amide bonds. The Morgan fingerprint density at radius 1 is 0.833 bits per heavy atom. The summed E-state index contributed by atoms with van der Waals surface area (Å²) in [5, 5.41) is 0. The summed E-state index contributed by atoms with van der Waals surface area (Å²) in [6.45, 7) is 0. The average molecular weight is 308 g/mol. The van der Waals surface area contributed by atoms with Crippen LogP contribution in [-0.2, 0) is 4.57 Å².